The summed E-state index contributed by atoms with van der Waals surface area (Å²) in [6.07, 6.45) is 2.12. The Morgan fingerprint density at radius 2 is 2.06 bits per heavy atom. The molecule has 0 bridgehead atoms. The molecule has 0 aliphatic heterocycles. The molecule has 3 N–H and O–H groups in total. The number of nitrogens with zero attached hydrogens (tertiary/aromatic N) is 1. The molecule has 2 rings (SSSR count). The maximum atomic E-state index is 11.5. The van der Waals surface area contributed by atoms with Crippen LogP contribution in [0.1, 0.15) is 16.1 Å². The fraction of sp³-hybridized carbons (Fsp3) is 0.167. The predicted octanol–water partition coefficient (Wildman–Crippen LogP) is 1.23. The molecule has 5 heteroatoms. The first-order valence-electron chi connectivity index (χ1n) is 5.29. The molecule has 0 spiro atoms. The van der Waals surface area contributed by atoms with Crippen molar-refractivity contribution >= 4 is 11.6 Å². The maximum absolute atomic E-state index is 11.5. The van der Waals surface area contributed by atoms with Gasteiger partial charge in [0.15, 0.2) is 5.69 Å². The van der Waals surface area contributed by atoms with Gasteiger partial charge in [0.1, 0.15) is 6.26 Å². The van der Waals surface area contributed by atoms with Crippen molar-refractivity contribution < 1.29 is 9.32 Å². The Morgan fingerprint density at radius 3 is 2.71 bits per heavy atom. The van der Waals surface area contributed by atoms with Crippen LogP contribution >= 0.6 is 0 Å². The normalized spacial score (nSPS) is 10.1. The number of anilines is 1. The summed E-state index contributed by atoms with van der Waals surface area (Å²) >= 11 is 0. The highest BCUT2D eigenvalue weighted by Crippen LogP contribution is 2.05. The summed E-state index contributed by atoms with van der Waals surface area (Å²) in [5.41, 5.74) is 7.73. The van der Waals surface area contributed by atoms with Gasteiger partial charge in [-0.25, -0.2) is 0 Å². The number of carbonyl (C=O) groups excluding carboxylic acids is 1. The highest BCUT2D eigenvalue weighted by Gasteiger charge is 2.07. The van der Waals surface area contributed by atoms with Crippen molar-refractivity contribution in [2.45, 2.75) is 6.42 Å². The third kappa shape index (κ3) is 3.07. The molecule has 0 atom stereocenters. The first-order chi connectivity index (χ1) is 8.25. The molecule has 17 heavy (non-hydrogen) atoms. The molecule has 0 aliphatic carbocycles. The van der Waals surface area contributed by atoms with Crippen LogP contribution in [-0.2, 0) is 6.42 Å². The lowest BCUT2D eigenvalue weighted by molar-refractivity contribution is 0.0945. The quantitative estimate of drug-likeness (QED) is 0.775. The minimum Gasteiger partial charge on any atom is -0.399 e. The monoisotopic (exact) mass is 231 g/mol. The topological polar surface area (TPSA) is 81.1 Å². The van der Waals surface area contributed by atoms with Crippen LogP contribution in [0.25, 0.3) is 0 Å². The Balaban J connectivity index is 1.80. The van der Waals surface area contributed by atoms with E-state index in [-0.39, 0.29) is 5.91 Å². The molecule has 2 aromatic rings. The second kappa shape index (κ2) is 5.16. The number of aromatic nitrogens is 1. The van der Waals surface area contributed by atoms with Gasteiger partial charge >= 0.3 is 0 Å². The molecule has 5 nitrogen and oxygen atoms in total. The van der Waals surface area contributed by atoms with Crippen LogP contribution in [0, 0.1) is 0 Å². The summed E-state index contributed by atoms with van der Waals surface area (Å²) in [7, 11) is 0. The van der Waals surface area contributed by atoms with Crippen molar-refractivity contribution in [2.75, 3.05) is 12.3 Å². The number of nitrogen functional groups attached to an aromatic ring is 1. The van der Waals surface area contributed by atoms with E-state index in [0.717, 1.165) is 17.7 Å². The molecule has 1 heterocycles. The molecule has 0 saturated carbocycles. The first-order valence-corrected chi connectivity index (χ1v) is 5.29. The van der Waals surface area contributed by atoms with E-state index in [4.69, 9.17) is 5.73 Å². The van der Waals surface area contributed by atoms with E-state index in [0.29, 0.717) is 12.2 Å². The average molecular weight is 231 g/mol. The zero-order valence-corrected chi connectivity index (χ0v) is 9.22. The lowest BCUT2D eigenvalue weighted by Gasteiger charge is -2.03. The molecule has 0 fully saturated rings. The van der Waals surface area contributed by atoms with Crippen LogP contribution < -0.4 is 11.1 Å². The molecule has 0 saturated heterocycles. The Hall–Kier alpha value is -2.30. The van der Waals surface area contributed by atoms with E-state index in [9.17, 15) is 4.79 Å². The van der Waals surface area contributed by atoms with Crippen LogP contribution in [0.5, 0.6) is 0 Å². The Labute approximate surface area is 98.6 Å². The SMILES string of the molecule is Nc1ccc(CCNC(=O)c2ccon2)cc1. The van der Waals surface area contributed by atoms with Crippen LogP contribution in [0.15, 0.2) is 41.1 Å². The van der Waals surface area contributed by atoms with E-state index in [1.165, 1.54) is 12.3 Å². The predicted molar refractivity (Wildman–Crippen MR) is 63.4 cm³/mol. The van der Waals surface area contributed by atoms with Gasteiger partial charge in [-0.1, -0.05) is 17.3 Å². The molecule has 1 aromatic heterocycles. The number of nitrogens with one attached hydrogen (secondary N) is 1. The van der Waals surface area contributed by atoms with Crippen molar-refractivity contribution in [1.82, 2.24) is 10.5 Å². The fourth-order valence-electron chi connectivity index (χ4n) is 1.42. The van der Waals surface area contributed by atoms with Gasteiger partial charge in [-0.2, -0.15) is 0 Å². The number of hydrogen-bond donors (Lipinski definition) is 2. The van der Waals surface area contributed by atoms with Gasteiger partial charge in [-0.05, 0) is 24.1 Å². The largest absolute Gasteiger partial charge is 0.399 e. The third-order valence-electron chi connectivity index (χ3n) is 2.35. The Kier molecular flexibility index (Phi) is 3.40. The zero-order valence-electron chi connectivity index (χ0n) is 9.22. The third-order valence-corrected chi connectivity index (χ3v) is 2.35. The highest BCUT2D eigenvalue weighted by atomic mass is 16.5. The molecule has 1 aromatic carbocycles. The second-order valence-electron chi connectivity index (χ2n) is 3.63. The van der Waals surface area contributed by atoms with E-state index in [1.807, 2.05) is 24.3 Å². The summed E-state index contributed by atoms with van der Waals surface area (Å²) in [5, 5.41) is 6.31. The van der Waals surface area contributed by atoms with Crippen LogP contribution in [0.3, 0.4) is 0 Å². The fourth-order valence-corrected chi connectivity index (χ4v) is 1.42. The number of nitrogens with two attached hydrogens (primary N) is 1. The van der Waals surface area contributed by atoms with Crippen molar-refractivity contribution in [3.63, 3.8) is 0 Å². The summed E-state index contributed by atoms with van der Waals surface area (Å²) < 4.78 is 4.59. The number of rotatable bonds is 4. The minimum atomic E-state index is -0.228. The first kappa shape index (κ1) is 11.2. The van der Waals surface area contributed by atoms with E-state index in [2.05, 4.69) is 15.0 Å². The van der Waals surface area contributed by atoms with E-state index in [1.54, 1.807) is 0 Å². The second-order valence-corrected chi connectivity index (χ2v) is 3.63. The molecular weight excluding hydrogens is 218 g/mol. The molecule has 0 aliphatic rings. The Morgan fingerprint density at radius 1 is 1.29 bits per heavy atom. The van der Waals surface area contributed by atoms with Crippen LogP contribution in [-0.4, -0.2) is 17.6 Å². The van der Waals surface area contributed by atoms with Gasteiger partial charge in [0.25, 0.3) is 5.91 Å². The molecule has 1 amide bonds. The van der Waals surface area contributed by atoms with Crippen LogP contribution in [0.4, 0.5) is 5.69 Å². The van der Waals surface area contributed by atoms with E-state index >= 15 is 0 Å². The summed E-state index contributed by atoms with van der Waals surface area (Å²) in [5.74, 6) is -0.228. The van der Waals surface area contributed by atoms with Crippen molar-refractivity contribution in [1.29, 1.82) is 0 Å². The standard InChI is InChI=1S/C12H13N3O2/c13-10-3-1-9(2-4-10)5-7-14-12(16)11-6-8-17-15-11/h1-4,6,8H,5,7,13H2,(H,14,16). The number of hydrogen-bond acceptors (Lipinski definition) is 4. The maximum Gasteiger partial charge on any atom is 0.273 e. The van der Waals surface area contributed by atoms with Crippen LogP contribution in [0.2, 0.25) is 0 Å². The molecular formula is C12H13N3O2. The van der Waals surface area contributed by atoms with E-state index < -0.39 is 0 Å². The van der Waals surface area contributed by atoms with Crippen molar-refractivity contribution in [3.8, 4) is 0 Å². The summed E-state index contributed by atoms with van der Waals surface area (Å²) in [6.45, 7) is 0.551. The summed E-state index contributed by atoms with van der Waals surface area (Å²) in [4.78, 5) is 11.5. The van der Waals surface area contributed by atoms with Crippen molar-refractivity contribution in [3.05, 3.63) is 47.9 Å². The van der Waals surface area contributed by atoms with Gasteiger partial charge in [0.05, 0.1) is 0 Å². The highest BCUT2D eigenvalue weighted by molar-refractivity contribution is 5.91. The number of benzene rings is 1. The number of carbonyl (C=O) groups is 1. The van der Waals surface area contributed by atoms with Gasteiger partial charge in [0.2, 0.25) is 0 Å². The van der Waals surface area contributed by atoms with Gasteiger partial charge in [-0.15, -0.1) is 0 Å². The average Bonchev–Trinajstić information content (AvgIpc) is 2.85. The van der Waals surface area contributed by atoms with Crippen molar-refractivity contribution in [2.24, 2.45) is 0 Å². The minimum absolute atomic E-state index is 0.228. The van der Waals surface area contributed by atoms with Gasteiger partial charge < -0.3 is 15.6 Å². The zero-order chi connectivity index (χ0) is 12.1. The van der Waals surface area contributed by atoms with Gasteiger partial charge in [0, 0.05) is 18.3 Å². The van der Waals surface area contributed by atoms with Gasteiger partial charge in [-0.3, -0.25) is 4.79 Å². The smallest absolute Gasteiger partial charge is 0.273 e. The molecule has 0 unspecified atom stereocenters. The lowest BCUT2D eigenvalue weighted by Crippen LogP contribution is -2.25. The Bertz CT molecular complexity index is 477. The lowest BCUT2D eigenvalue weighted by atomic mass is 10.1. The molecule has 88 valence electrons. The molecule has 0 radical (unpaired) electrons. The summed E-state index contributed by atoms with van der Waals surface area (Å²) in [6, 6.07) is 9.09. The number of amides is 1.